The van der Waals surface area contributed by atoms with Crippen LogP contribution in [0.1, 0.15) is 27.7 Å². The predicted molar refractivity (Wildman–Crippen MR) is 87.9 cm³/mol. The van der Waals surface area contributed by atoms with Crippen LogP contribution in [0.5, 0.6) is 5.75 Å². The van der Waals surface area contributed by atoms with Gasteiger partial charge in [0, 0.05) is 24.5 Å². The predicted octanol–water partition coefficient (Wildman–Crippen LogP) is 1.57. The first-order chi connectivity index (χ1) is 10.3. The van der Waals surface area contributed by atoms with Crippen LogP contribution in [0, 0.1) is 5.92 Å². The molecule has 22 heavy (non-hydrogen) atoms. The van der Waals surface area contributed by atoms with Crippen LogP contribution in [0.4, 0.5) is 0 Å². The molecule has 1 aromatic carbocycles. The van der Waals surface area contributed by atoms with Crippen LogP contribution in [0.3, 0.4) is 0 Å². The quantitative estimate of drug-likeness (QED) is 0.647. The van der Waals surface area contributed by atoms with E-state index in [4.69, 9.17) is 4.74 Å². The topological polar surface area (TPSA) is 70.6 Å². The van der Waals surface area contributed by atoms with Crippen LogP contribution in [0.2, 0.25) is 0 Å². The molecule has 0 aliphatic heterocycles. The van der Waals surface area contributed by atoms with E-state index in [0.717, 1.165) is 5.75 Å². The standard InChI is InChI=1S/C17H28N2O3/c1-13(2)16(21)18-12-17(3,4)19-10-14(20)11-22-15-8-6-5-7-9-15/h5-9,13-14,19-20H,10-12H2,1-4H3,(H,18,21)/t14-/m1/s1. The van der Waals surface area contributed by atoms with Gasteiger partial charge in [-0.15, -0.1) is 0 Å². The maximum Gasteiger partial charge on any atom is 0.222 e. The number of aliphatic hydroxyl groups excluding tert-OH is 1. The van der Waals surface area contributed by atoms with Crippen LogP contribution in [0.25, 0.3) is 0 Å². The third-order valence-electron chi connectivity index (χ3n) is 3.23. The zero-order valence-electron chi connectivity index (χ0n) is 13.9. The van der Waals surface area contributed by atoms with Gasteiger partial charge in [0.2, 0.25) is 5.91 Å². The van der Waals surface area contributed by atoms with Crippen molar-refractivity contribution < 1.29 is 14.6 Å². The molecule has 0 aromatic heterocycles. The lowest BCUT2D eigenvalue weighted by Gasteiger charge is -2.28. The van der Waals surface area contributed by atoms with Crippen molar-refractivity contribution in [2.45, 2.75) is 39.3 Å². The number of aliphatic hydroxyl groups is 1. The second-order valence-electron chi connectivity index (χ2n) is 6.42. The summed E-state index contributed by atoms with van der Waals surface area (Å²) in [6.45, 7) is 8.83. The molecule has 1 amide bonds. The lowest BCUT2D eigenvalue weighted by molar-refractivity contribution is -0.124. The van der Waals surface area contributed by atoms with E-state index < -0.39 is 6.10 Å². The third kappa shape index (κ3) is 7.43. The van der Waals surface area contributed by atoms with Crippen molar-refractivity contribution in [3.05, 3.63) is 30.3 Å². The summed E-state index contributed by atoms with van der Waals surface area (Å²) < 4.78 is 5.50. The fraction of sp³-hybridized carbons (Fsp3) is 0.588. The third-order valence-corrected chi connectivity index (χ3v) is 3.23. The zero-order valence-corrected chi connectivity index (χ0v) is 13.9. The van der Waals surface area contributed by atoms with Crippen molar-refractivity contribution in [1.82, 2.24) is 10.6 Å². The Bertz CT molecular complexity index is 446. The van der Waals surface area contributed by atoms with E-state index in [1.165, 1.54) is 0 Å². The first kappa shape index (κ1) is 18.5. The summed E-state index contributed by atoms with van der Waals surface area (Å²) in [5, 5.41) is 16.1. The summed E-state index contributed by atoms with van der Waals surface area (Å²) in [5.74, 6) is 0.744. The molecule has 5 heteroatoms. The maximum atomic E-state index is 11.6. The lowest BCUT2D eigenvalue weighted by atomic mass is 10.0. The molecule has 124 valence electrons. The van der Waals surface area contributed by atoms with Crippen molar-refractivity contribution in [2.75, 3.05) is 19.7 Å². The molecule has 1 atom stereocenters. The Balaban J connectivity index is 2.26. The largest absolute Gasteiger partial charge is 0.491 e. The number of rotatable bonds is 9. The fourth-order valence-corrected chi connectivity index (χ4v) is 1.74. The van der Waals surface area contributed by atoms with Gasteiger partial charge >= 0.3 is 0 Å². The smallest absolute Gasteiger partial charge is 0.222 e. The van der Waals surface area contributed by atoms with Crippen LogP contribution < -0.4 is 15.4 Å². The molecule has 1 rings (SSSR count). The summed E-state index contributed by atoms with van der Waals surface area (Å²) in [6, 6.07) is 9.40. The van der Waals surface area contributed by atoms with Gasteiger partial charge in [0.25, 0.3) is 0 Å². The van der Waals surface area contributed by atoms with E-state index in [9.17, 15) is 9.90 Å². The number of nitrogens with one attached hydrogen (secondary N) is 2. The minimum atomic E-state index is -0.611. The van der Waals surface area contributed by atoms with E-state index in [1.54, 1.807) is 0 Å². The highest BCUT2D eigenvalue weighted by Gasteiger charge is 2.20. The van der Waals surface area contributed by atoms with E-state index in [0.29, 0.717) is 13.1 Å². The summed E-state index contributed by atoms with van der Waals surface area (Å²) in [6.07, 6.45) is -0.611. The molecule has 0 heterocycles. The number of para-hydroxylation sites is 1. The Kier molecular flexibility index (Phi) is 7.35. The number of hydrogen-bond donors (Lipinski definition) is 3. The van der Waals surface area contributed by atoms with Crippen molar-refractivity contribution in [2.24, 2.45) is 5.92 Å². The van der Waals surface area contributed by atoms with Gasteiger partial charge in [-0.2, -0.15) is 0 Å². The van der Waals surface area contributed by atoms with E-state index in [2.05, 4.69) is 10.6 Å². The summed E-state index contributed by atoms with van der Waals surface area (Å²) in [4.78, 5) is 11.6. The number of benzene rings is 1. The molecule has 0 fully saturated rings. The molecule has 0 spiro atoms. The van der Waals surface area contributed by atoms with Gasteiger partial charge < -0.3 is 20.5 Å². The molecular formula is C17H28N2O3. The minimum Gasteiger partial charge on any atom is -0.491 e. The first-order valence-electron chi connectivity index (χ1n) is 7.69. The van der Waals surface area contributed by atoms with Gasteiger partial charge in [0.15, 0.2) is 0 Å². The van der Waals surface area contributed by atoms with Crippen LogP contribution in [0.15, 0.2) is 30.3 Å². The van der Waals surface area contributed by atoms with Crippen LogP contribution >= 0.6 is 0 Å². The van der Waals surface area contributed by atoms with Gasteiger partial charge in [-0.3, -0.25) is 4.79 Å². The molecule has 5 nitrogen and oxygen atoms in total. The highest BCUT2D eigenvalue weighted by Crippen LogP contribution is 2.08. The fourth-order valence-electron chi connectivity index (χ4n) is 1.74. The average Bonchev–Trinajstić information content (AvgIpc) is 2.49. The molecule has 0 aliphatic carbocycles. The van der Waals surface area contributed by atoms with Crippen molar-refractivity contribution in [3.8, 4) is 5.75 Å². The van der Waals surface area contributed by atoms with Crippen molar-refractivity contribution in [1.29, 1.82) is 0 Å². The van der Waals surface area contributed by atoms with Gasteiger partial charge in [-0.1, -0.05) is 32.0 Å². The molecular weight excluding hydrogens is 280 g/mol. The number of amides is 1. The molecule has 3 N–H and O–H groups in total. The second-order valence-corrected chi connectivity index (χ2v) is 6.42. The minimum absolute atomic E-state index is 0.0272. The summed E-state index contributed by atoms with van der Waals surface area (Å²) in [7, 11) is 0. The van der Waals surface area contributed by atoms with Crippen LogP contribution in [-0.4, -0.2) is 42.4 Å². The van der Waals surface area contributed by atoms with E-state index >= 15 is 0 Å². The second kappa shape index (κ2) is 8.76. The monoisotopic (exact) mass is 308 g/mol. The molecule has 0 radical (unpaired) electrons. The summed E-state index contributed by atoms with van der Waals surface area (Å²) in [5.41, 5.74) is -0.293. The summed E-state index contributed by atoms with van der Waals surface area (Å²) >= 11 is 0. The average molecular weight is 308 g/mol. The van der Waals surface area contributed by atoms with Gasteiger partial charge in [0.1, 0.15) is 18.5 Å². The van der Waals surface area contributed by atoms with Crippen molar-refractivity contribution in [3.63, 3.8) is 0 Å². The Morgan fingerprint density at radius 1 is 1.27 bits per heavy atom. The maximum absolute atomic E-state index is 11.6. The highest BCUT2D eigenvalue weighted by molar-refractivity contribution is 5.77. The van der Waals surface area contributed by atoms with E-state index in [1.807, 2.05) is 58.0 Å². The highest BCUT2D eigenvalue weighted by atomic mass is 16.5. The number of carbonyl (C=O) groups excluding carboxylic acids is 1. The van der Waals surface area contributed by atoms with Crippen molar-refractivity contribution >= 4 is 5.91 Å². The normalized spacial score (nSPS) is 13.0. The Hall–Kier alpha value is -1.59. The van der Waals surface area contributed by atoms with Crippen LogP contribution in [-0.2, 0) is 4.79 Å². The van der Waals surface area contributed by atoms with Gasteiger partial charge in [-0.25, -0.2) is 0 Å². The number of ether oxygens (including phenoxy) is 1. The molecule has 0 aliphatic rings. The SMILES string of the molecule is CC(C)C(=O)NCC(C)(C)NC[C@@H](O)COc1ccccc1. The lowest BCUT2D eigenvalue weighted by Crippen LogP contribution is -2.52. The molecule has 0 saturated carbocycles. The molecule has 1 aromatic rings. The zero-order chi connectivity index (χ0) is 16.6. The first-order valence-corrected chi connectivity index (χ1v) is 7.69. The van der Waals surface area contributed by atoms with Gasteiger partial charge in [-0.05, 0) is 26.0 Å². The molecule has 0 unspecified atom stereocenters. The number of β-amino-alcohol motifs (C(OH)–C–C–N with tert-alkyl or cyclic N) is 1. The number of carbonyl (C=O) groups is 1. The van der Waals surface area contributed by atoms with E-state index in [-0.39, 0.29) is 24.0 Å². The Labute approximate surface area is 133 Å². The Morgan fingerprint density at radius 3 is 2.50 bits per heavy atom. The Morgan fingerprint density at radius 2 is 1.91 bits per heavy atom. The number of hydrogen-bond acceptors (Lipinski definition) is 4. The molecule has 0 bridgehead atoms. The van der Waals surface area contributed by atoms with Gasteiger partial charge in [0.05, 0.1) is 0 Å². The molecule has 0 saturated heterocycles.